The summed E-state index contributed by atoms with van der Waals surface area (Å²) in [6.07, 6.45) is 1.14. The molecule has 2 aliphatic heterocycles. The summed E-state index contributed by atoms with van der Waals surface area (Å²) in [6, 6.07) is 0.426. The summed E-state index contributed by atoms with van der Waals surface area (Å²) < 4.78 is 0. The van der Waals surface area contributed by atoms with E-state index in [1.807, 2.05) is 11.8 Å². The van der Waals surface area contributed by atoms with Gasteiger partial charge in [-0.05, 0) is 12.2 Å². The third-order valence-electron chi connectivity index (χ3n) is 2.50. The molecule has 80 valence electrons. The average molecular weight is 232 g/mol. The molecule has 3 nitrogen and oxygen atoms in total. The number of carbonyl (C=O) groups excluding carboxylic acids is 1. The van der Waals surface area contributed by atoms with Crippen LogP contribution >= 0.6 is 23.5 Å². The molecule has 2 fully saturated rings. The van der Waals surface area contributed by atoms with Crippen molar-refractivity contribution in [2.24, 2.45) is 0 Å². The van der Waals surface area contributed by atoms with Crippen molar-refractivity contribution in [2.75, 3.05) is 30.3 Å². The van der Waals surface area contributed by atoms with Gasteiger partial charge in [-0.3, -0.25) is 4.79 Å². The first-order chi connectivity index (χ1) is 6.86. The van der Waals surface area contributed by atoms with Crippen LogP contribution in [0, 0.1) is 0 Å². The number of carbonyl (C=O) groups is 1. The molecular formula is C9H16N2OS2. The van der Waals surface area contributed by atoms with Crippen LogP contribution in [0.3, 0.4) is 0 Å². The minimum Gasteiger partial charge on any atom is -0.352 e. The Morgan fingerprint density at radius 1 is 1.43 bits per heavy atom. The van der Waals surface area contributed by atoms with E-state index in [1.165, 1.54) is 5.75 Å². The van der Waals surface area contributed by atoms with E-state index >= 15 is 0 Å². The molecule has 0 saturated carbocycles. The Kier molecular flexibility index (Phi) is 4.01. The van der Waals surface area contributed by atoms with Crippen LogP contribution < -0.4 is 10.6 Å². The van der Waals surface area contributed by atoms with E-state index in [9.17, 15) is 4.79 Å². The largest absolute Gasteiger partial charge is 0.352 e. The van der Waals surface area contributed by atoms with E-state index in [0.29, 0.717) is 6.04 Å². The summed E-state index contributed by atoms with van der Waals surface area (Å²) in [6.45, 7) is 1.87. The van der Waals surface area contributed by atoms with Crippen LogP contribution in [0.25, 0.3) is 0 Å². The molecule has 0 radical (unpaired) electrons. The quantitative estimate of drug-likeness (QED) is 0.719. The van der Waals surface area contributed by atoms with E-state index in [0.717, 1.165) is 31.0 Å². The Labute approximate surface area is 93.2 Å². The second-order valence-electron chi connectivity index (χ2n) is 3.63. The Balaban J connectivity index is 1.75. The molecule has 2 N–H and O–H groups in total. The summed E-state index contributed by atoms with van der Waals surface area (Å²) >= 11 is 3.71. The highest BCUT2D eigenvalue weighted by molar-refractivity contribution is 8.00. The predicted octanol–water partition coefficient (Wildman–Crippen LogP) is 0.313. The summed E-state index contributed by atoms with van der Waals surface area (Å²) in [5.74, 6) is 3.57. The minimum atomic E-state index is 0.134. The van der Waals surface area contributed by atoms with Crippen LogP contribution in [-0.2, 0) is 4.79 Å². The number of nitrogens with one attached hydrogen (secondary N) is 2. The summed E-state index contributed by atoms with van der Waals surface area (Å²) in [4.78, 5) is 11.8. The SMILES string of the molecule is O=C(NC1CCSC1)C1CNCCS1. The van der Waals surface area contributed by atoms with Crippen LogP contribution in [-0.4, -0.2) is 47.5 Å². The highest BCUT2D eigenvalue weighted by Crippen LogP contribution is 2.19. The lowest BCUT2D eigenvalue weighted by Gasteiger charge is -2.23. The maximum atomic E-state index is 11.8. The fraction of sp³-hybridized carbons (Fsp3) is 0.889. The minimum absolute atomic E-state index is 0.134. The van der Waals surface area contributed by atoms with Gasteiger partial charge in [0.1, 0.15) is 0 Å². The van der Waals surface area contributed by atoms with Gasteiger partial charge in [-0.15, -0.1) is 11.8 Å². The first-order valence-electron chi connectivity index (χ1n) is 5.07. The standard InChI is InChI=1S/C9H16N2OS2/c12-9(8-5-10-2-4-14-8)11-7-1-3-13-6-7/h7-8,10H,1-6H2,(H,11,12). The monoisotopic (exact) mass is 232 g/mol. The van der Waals surface area contributed by atoms with Crippen LogP contribution in [0.1, 0.15) is 6.42 Å². The second-order valence-corrected chi connectivity index (χ2v) is 6.09. The molecule has 0 aliphatic carbocycles. The average Bonchev–Trinajstić information content (AvgIpc) is 2.72. The van der Waals surface area contributed by atoms with Crippen molar-refractivity contribution < 1.29 is 4.79 Å². The number of amides is 1. The normalized spacial score (nSPS) is 32.9. The van der Waals surface area contributed by atoms with Crippen molar-refractivity contribution in [2.45, 2.75) is 17.7 Å². The van der Waals surface area contributed by atoms with Gasteiger partial charge in [0.15, 0.2) is 0 Å². The lowest BCUT2D eigenvalue weighted by atomic mass is 10.2. The van der Waals surface area contributed by atoms with Gasteiger partial charge in [0.2, 0.25) is 5.91 Å². The van der Waals surface area contributed by atoms with Gasteiger partial charge >= 0.3 is 0 Å². The molecular weight excluding hydrogens is 216 g/mol. The second kappa shape index (κ2) is 5.28. The molecule has 0 spiro atoms. The van der Waals surface area contributed by atoms with E-state index in [-0.39, 0.29) is 11.2 Å². The first kappa shape index (κ1) is 10.6. The van der Waals surface area contributed by atoms with E-state index in [4.69, 9.17) is 0 Å². The topological polar surface area (TPSA) is 41.1 Å². The van der Waals surface area contributed by atoms with Gasteiger partial charge in [-0.2, -0.15) is 11.8 Å². The molecule has 5 heteroatoms. The van der Waals surface area contributed by atoms with E-state index < -0.39 is 0 Å². The molecule has 0 aromatic heterocycles. The Hall–Kier alpha value is 0.130. The van der Waals surface area contributed by atoms with Gasteiger partial charge < -0.3 is 10.6 Å². The molecule has 0 aromatic rings. The van der Waals surface area contributed by atoms with Crippen LogP contribution in [0.2, 0.25) is 0 Å². The van der Waals surface area contributed by atoms with Crippen molar-refractivity contribution in [3.05, 3.63) is 0 Å². The van der Waals surface area contributed by atoms with Crippen molar-refractivity contribution >= 4 is 29.4 Å². The molecule has 14 heavy (non-hydrogen) atoms. The molecule has 2 aliphatic rings. The molecule has 2 heterocycles. The highest BCUT2D eigenvalue weighted by atomic mass is 32.2. The van der Waals surface area contributed by atoms with Crippen molar-refractivity contribution in [3.63, 3.8) is 0 Å². The lowest BCUT2D eigenvalue weighted by molar-refractivity contribution is -0.121. The van der Waals surface area contributed by atoms with E-state index in [1.54, 1.807) is 11.8 Å². The fourth-order valence-electron chi connectivity index (χ4n) is 1.68. The Morgan fingerprint density at radius 3 is 3.00 bits per heavy atom. The third kappa shape index (κ3) is 2.81. The highest BCUT2D eigenvalue weighted by Gasteiger charge is 2.25. The first-order valence-corrected chi connectivity index (χ1v) is 7.27. The van der Waals surface area contributed by atoms with Gasteiger partial charge in [0, 0.05) is 30.6 Å². The van der Waals surface area contributed by atoms with Crippen LogP contribution in [0.4, 0.5) is 0 Å². The molecule has 2 rings (SSSR count). The summed E-state index contributed by atoms with van der Waals surface area (Å²) in [7, 11) is 0. The molecule has 0 aromatic carbocycles. The van der Waals surface area contributed by atoms with E-state index in [2.05, 4.69) is 10.6 Å². The van der Waals surface area contributed by atoms with Gasteiger partial charge in [-0.1, -0.05) is 0 Å². The molecule has 1 amide bonds. The zero-order valence-corrected chi connectivity index (χ0v) is 9.76. The number of rotatable bonds is 2. The maximum absolute atomic E-state index is 11.8. The van der Waals surface area contributed by atoms with Crippen molar-refractivity contribution in [1.29, 1.82) is 0 Å². The smallest absolute Gasteiger partial charge is 0.234 e. The van der Waals surface area contributed by atoms with Gasteiger partial charge in [0.25, 0.3) is 0 Å². The maximum Gasteiger partial charge on any atom is 0.234 e. The number of hydrogen-bond acceptors (Lipinski definition) is 4. The predicted molar refractivity (Wildman–Crippen MR) is 63.0 cm³/mol. The zero-order valence-electron chi connectivity index (χ0n) is 8.12. The zero-order chi connectivity index (χ0) is 9.80. The number of thioether (sulfide) groups is 2. The third-order valence-corrected chi connectivity index (χ3v) is 4.88. The Morgan fingerprint density at radius 2 is 2.36 bits per heavy atom. The van der Waals surface area contributed by atoms with Gasteiger partial charge in [-0.25, -0.2) is 0 Å². The molecule has 2 unspecified atom stereocenters. The van der Waals surface area contributed by atoms with Crippen molar-refractivity contribution in [3.8, 4) is 0 Å². The summed E-state index contributed by atoms with van der Waals surface area (Å²) in [5.41, 5.74) is 0. The fourth-order valence-corrected chi connectivity index (χ4v) is 3.83. The number of hydrogen-bond donors (Lipinski definition) is 2. The Bertz CT molecular complexity index is 201. The molecule has 0 bridgehead atoms. The lowest BCUT2D eigenvalue weighted by Crippen LogP contribution is -2.46. The van der Waals surface area contributed by atoms with Crippen molar-refractivity contribution in [1.82, 2.24) is 10.6 Å². The molecule has 2 atom stereocenters. The molecule has 2 saturated heterocycles. The summed E-state index contributed by atoms with van der Waals surface area (Å²) in [5, 5.41) is 6.52. The van der Waals surface area contributed by atoms with Gasteiger partial charge in [0.05, 0.1) is 5.25 Å². The van der Waals surface area contributed by atoms with Crippen LogP contribution in [0.15, 0.2) is 0 Å². The van der Waals surface area contributed by atoms with Crippen LogP contribution in [0.5, 0.6) is 0 Å².